The van der Waals surface area contributed by atoms with Gasteiger partial charge in [0.25, 0.3) is 5.56 Å². The molecule has 4 rings (SSSR count). The van der Waals surface area contributed by atoms with E-state index < -0.39 is 0 Å². The molecule has 0 saturated heterocycles. The molecule has 2 aromatic heterocycles. The molecule has 4 aromatic rings. The number of hydrogen-bond acceptors (Lipinski definition) is 4. The van der Waals surface area contributed by atoms with E-state index in [0.29, 0.717) is 18.5 Å². The minimum atomic E-state index is -0.00633. The summed E-state index contributed by atoms with van der Waals surface area (Å²) in [7, 11) is 1.96. The first-order valence-corrected chi connectivity index (χ1v) is 9.13. The van der Waals surface area contributed by atoms with E-state index in [0.717, 1.165) is 16.7 Å². The van der Waals surface area contributed by atoms with E-state index in [1.807, 2.05) is 36.0 Å². The van der Waals surface area contributed by atoms with Crippen molar-refractivity contribution in [3.05, 3.63) is 70.4 Å². The van der Waals surface area contributed by atoms with Crippen LogP contribution in [0.3, 0.4) is 0 Å². The maximum atomic E-state index is 12.6. The molecule has 0 aliphatic heterocycles. The Morgan fingerprint density at radius 3 is 2.81 bits per heavy atom. The molecule has 0 bridgehead atoms. The highest BCUT2D eigenvalue weighted by Crippen LogP contribution is 2.19. The Morgan fingerprint density at radius 1 is 1.15 bits per heavy atom. The molecular weight excluding hydrogens is 338 g/mol. The van der Waals surface area contributed by atoms with Crippen LogP contribution in [0.1, 0.15) is 18.2 Å². The van der Waals surface area contributed by atoms with Crippen molar-refractivity contribution in [1.82, 2.24) is 24.6 Å². The van der Waals surface area contributed by atoms with Crippen molar-refractivity contribution >= 4 is 21.8 Å². The summed E-state index contributed by atoms with van der Waals surface area (Å²) >= 11 is 0. The summed E-state index contributed by atoms with van der Waals surface area (Å²) in [6.45, 7) is 5.36. The standard InChI is InChI=1S/C21H23N5O/c1-14-8-9-20-17(10-14)19(24-25(20)3)11-22-15(2)12-26-13-23-18-7-5-4-6-16(18)21(26)27/h4-10,13,15,22H,11-12H2,1-3H3/t15-/m0/s1. The van der Waals surface area contributed by atoms with Crippen LogP contribution in [0, 0.1) is 6.92 Å². The molecule has 0 fully saturated rings. The third-order valence-corrected chi connectivity index (χ3v) is 4.90. The zero-order valence-electron chi connectivity index (χ0n) is 15.8. The number of nitrogens with zero attached hydrogens (tertiary/aromatic N) is 4. The largest absolute Gasteiger partial charge is 0.307 e. The molecular formula is C21H23N5O. The van der Waals surface area contributed by atoms with E-state index in [4.69, 9.17) is 0 Å². The maximum absolute atomic E-state index is 12.6. The van der Waals surface area contributed by atoms with Crippen molar-refractivity contribution in [3.8, 4) is 0 Å². The van der Waals surface area contributed by atoms with Crippen LogP contribution in [0.5, 0.6) is 0 Å². The van der Waals surface area contributed by atoms with Crippen LogP contribution in [-0.4, -0.2) is 25.4 Å². The summed E-state index contributed by atoms with van der Waals surface area (Å²) in [5.41, 5.74) is 4.09. The molecule has 0 radical (unpaired) electrons. The minimum absolute atomic E-state index is 0.00633. The van der Waals surface area contributed by atoms with Gasteiger partial charge in [0, 0.05) is 31.6 Å². The second-order valence-corrected chi connectivity index (χ2v) is 7.09. The van der Waals surface area contributed by atoms with E-state index in [1.54, 1.807) is 10.9 Å². The first-order chi connectivity index (χ1) is 13.0. The number of aromatic nitrogens is 4. The lowest BCUT2D eigenvalue weighted by Crippen LogP contribution is -2.34. The molecule has 0 saturated carbocycles. The third-order valence-electron chi connectivity index (χ3n) is 4.90. The molecule has 6 nitrogen and oxygen atoms in total. The van der Waals surface area contributed by atoms with Gasteiger partial charge in [0.05, 0.1) is 28.4 Å². The summed E-state index contributed by atoms with van der Waals surface area (Å²) in [5, 5.41) is 9.95. The molecule has 27 heavy (non-hydrogen) atoms. The average molecular weight is 361 g/mol. The first-order valence-electron chi connectivity index (χ1n) is 9.13. The predicted octanol–water partition coefficient (Wildman–Crippen LogP) is 2.77. The first kappa shape index (κ1) is 17.4. The third kappa shape index (κ3) is 3.36. The molecule has 2 aromatic carbocycles. The van der Waals surface area contributed by atoms with Gasteiger partial charge in [-0.15, -0.1) is 0 Å². The summed E-state index contributed by atoms with van der Waals surface area (Å²) in [6, 6.07) is 13.9. The SMILES string of the molecule is Cc1ccc2c(c1)c(CN[C@@H](C)Cn1cnc3ccccc3c1=O)nn2C. The molecule has 0 aliphatic carbocycles. The van der Waals surface area contributed by atoms with Crippen LogP contribution in [0.4, 0.5) is 0 Å². The molecule has 138 valence electrons. The average Bonchev–Trinajstić information content (AvgIpc) is 2.97. The van der Waals surface area contributed by atoms with Crippen molar-refractivity contribution in [3.63, 3.8) is 0 Å². The highest BCUT2D eigenvalue weighted by atomic mass is 16.1. The van der Waals surface area contributed by atoms with Gasteiger partial charge in [0.15, 0.2) is 0 Å². The summed E-state index contributed by atoms with van der Waals surface area (Å²) < 4.78 is 3.58. The maximum Gasteiger partial charge on any atom is 0.261 e. The van der Waals surface area contributed by atoms with Crippen molar-refractivity contribution in [2.45, 2.75) is 33.0 Å². The van der Waals surface area contributed by atoms with Crippen LogP contribution < -0.4 is 10.9 Å². The molecule has 2 heterocycles. The Morgan fingerprint density at radius 2 is 1.96 bits per heavy atom. The monoisotopic (exact) mass is 361 g/mol. The quantitative estimate of drug-likeness (QED) is 0.594. The van der Waals surface area contributed by atoms with E-state index >= 15 is 0 Å². The van der Waals surface area contributed by atoms with Crippen LogP contribution in [0.2, 0.25) is 0 Å². The number of rotatable bonds is 5. The van der Waals surface area contributed by atoms with Gasteiger partial charge in [0.1, 0.15) is 0 Å². The van der Waals surface area contributed by atoms with Gasteiger partial charge in [-0.05, 0) is 38.1 Å². The van der Waals surface area contributed by atoms with E-state index in [1.165, 1.54) is 10.9 Å². The summed E-state index contributed by atoms with van der Waals surface area (Å²) in [6.07, 6.45) is 1.63. The van der Waals surface area contributed by atoms with E-state index in [-0.39, 0.29) is 11.6 Å². The molecule has 0 amide bonds. The van der Waals surface area contributed by atoms with Crippen LogP contribution in [0.15, 0.2) is 53.6 Å². The van der Waals surface area contributed by atoms with Gasteiger partial charge in [-0.3, -0.25) is 14.0 Å². The second-order valence-electron chi connectivity index (χ2n) is 7.09. The topological polar surface area (TPSA) is 64.7 Å². The number of para-hydroxylation sites is 1. The van der Waals surface area contributed by atoms with Crippen molar-refractivity contribution in [2.24, 2.45) is 7.05 Å². The Balaban J connectivity index is 1.51. The van der Waals surface area contributed by atoms with Crippen LogP contribution in [-0.2, 0) is 20.1 Å². The van der Waals surface area contributed by atoms with Gasteiger partial charge in [-0.2, -0.15) is 5.10 Å². The van der Waals surface area contributed by atoms with Crippen molar-refractivity contribution < 1.29 is 0 Å². The Bertz CT molecular complexity index is 1170. The Labute approximate surface area is 157 Å². The highest BCUT2D eigenvalue weighted by molar-refractivity contribution is 5.82. The van der Waals surface area contributed by atoms with Crippen LogP contribution in [0.25, 0.3) is 21.8 Å². The zero-order chi connectivity index (χ0) is 19.0. The fraction of sp³-hybridized carbons (Fsp3) is 0.286. The van der Waals surface area contributed by atoms with Gasteiger partial charge >= 0.3 is 0 Å². The highest BCUT2D eigenvalue weighted by Gasteiger charge is 2.11. The number of nitrogens with one attached hydrogen (secondary N) is 1. The molecule has 0 aliphatic rings. The molecule has 6 heteroatoms. The molecule has 1 atom stereocenters. The summed E-state index contributed by atoms with van der Waals surface area (Å²) in [4.78, 5) is 17.0. The zero-order valence-corrected chi connectivity index (χ0v) is 15.8. The number of benzene rings is 2. The van der Waals surface area contributed by atoms with Gasteiger partial charge in [-0.1, -0.05) is 23.8 Å². The normalized spacial score (nSPS) is 12.7. The Hall–Kier alpha value is -2.99. The lowest BCUT2D eigenvalue weighted by molar-refractivity contribution is 0.464. The smallest absolute Gasteiger partial charge is 0.261 e. The molecule has 0 spiro atoms. The predicted molar refractivity (Wildman–Crippen MR) is 108 cm³/mol. The van der Waals surface area contributed by atoms with E-state index in [9.17, 15) is 4.79 Å². The molecule has 1 N–H and O–H groups in total. The van der Waals surface area contributed by atoms with Crippen molar-refractivity contribution in [2.75, 3.05) is 0 Å². The second kappa shape index (κ2) is 6.96. The van der Waals surface area contributed by atoms with Gasteiger partial charge in [0.2, 0.25) is 0 Å². The van der Waals surface area contributed by atoms with Gasteiger partial charge in [-0.25, -0.2) is 4.98 Å². The Kier molecular flexibility index (Phi) is 4.49. The number of hydrogen-bond donors (Lipinski definition) is 1. The minimum Gasteiger partial charge on any atom is -0.307 e. The van der Waals surface area contributed by atoms with Crippen molar-refractivity contribution in [1.29, 1.82) is 0 Å². The molecule has 0 unspecified atom stereocenters. The lowest BCUT2D eigenvalue weighted by Gasteiger charge is -2.15. The fourth-order valence-corrected chi connectivity index (χ4v) is 3.45. The summed E-state index contributed by atoms with van der Waals surface area (Å²) in [5.74, 6) is 0. The number of aryl methyl sites for hydroxylation is 2. The van der Waals surface area contributed by atoms with Gasteiger partial charge < -0.3 is 5.32 Å². The van der Waals surface area contributed by atoms with Crippen LogP contribution >= 0.6 is 0 Å². The fourth-order valence-electron chi connectivity index (χ4n) is 3.45. The number of fused-ring (bicyclic) bond motifs is 2. The van der Waals surface area contributed by atoms with E-state index in [2.05, 4.69) is 47.4 Å². The lowest BCUT2D eigenvalue weighted by atomic mass is 10.1.